The van der Waals surface area contributed by atoms with E-state index in [9.17, 15) is 9.59 Å². The van der Waals surface area contributed by atoms with E-state index in [1.165, 1.54) is 0 Å². The number of carboxylic acid groups (broad SMARTS) is 1. The largest absolute Gasteiger partial charge is 0.481 e. The molecular formula is C13H15N3O3. The molecule has 0 spiro atoms. The van der Waals surface area contributed by atoms with Gasteiger partial charge in [0.15, 0.2) is 0 Å². The number of nitrogens with zero attached hydrogens (tertiary/aromatic N) is 1. The number of hydrogen-bond donors (Lipinski definition) is 3. The fourth-order valence-electron chi connectivity index (χ4n) is 1.44. The second-order valence-corrected chi connectivity index (χ2v) is 4.06. The topological polar surface area (TPSA) is 116 Å². The highest BCUT2D eigenvalue weighted by Crippen LogP contribution is 2.10. The summed E-state index contributed by atoms with van der Waals surface area (Å²) in [5.41, 5.74) is 7.00. The number of carbonyl (C=O) groups excluding carboxylic acids is 1. The SMILES string of the molecule is N#CCc1ccc(NC(=O)C(N)CCC(=O)O)cc1. The van der Waals surface area contributed by atoms with Crippen LogP contribution in [0.5, 0.6) is 0 Å². The number of nitriles is 1. The van der Waals surface area contributed by atoms with Gasteiger partial charge in [0.2, 0.25) is 5.91 Å². The average Bonchev–Trinajstić information content (AvgIpc) is 2.38. The van der Waals surface area contributed by atoms with Crippen LogP contribution in [0.15, 0.2) is 24.3 Å². The molecule has 0 aliphatic heterocycles. The molecule has 0 saturated carbocycles. The van der Waals surface area contributed by atoms with Crippen LogP contribution < -0.4 is 11.1 Å². The second kappa shape index (κ2) is 7.13. The number of nitrogens with two attached hydrogens (primary N) is 1. The minimum atomic E-state index is -0.982. The number of carbonyl (C=O) groups is 2. The third-order valence-electron chi connectivity index (χ3n) is 2.51. The lowest BCUT2D eigenvalue weighted by atomic mass is 10.1. The predicted octanol–water partition coefficient (Wildman–Crippen LogP) is 0.883. The number of benzene rings is 1. The third-order valence-corrected chi connectivity index (χ3v) is 2.51. The van der Waals surface area contributed by atoms with Gasteiger partial charge < -0.3 is 16.2 Å². The van der Waals surface area contributed by atoms with Gasteiger partial charge in [-0.25, -0.2) is 0 Å². The molecule has 19 heavy (non-hydrogen) atoms. The summed E-state index contributed by atoms with van der Waals surface area (Å²) in [4.78, 5) is 22.0. The molecule has 0 saturated heterocycles. The number of anilines is 1. The highest BCUT2D eigenvalue weighted by Gasteiger charge is 2.14. The summed E-state index contributed by atoms with van der Waals surface area (Å²) < 4.78 is 0. The normalized spacial score (nSPS) is 11.4. The van der Waals surface area contributed by atoms with Crippen molar-refractivity contribution in [3.8, 4) is 6.07 Å². The van der Waals surface area contributed by atoms with Crippen LogP contribution in [0.4, 0.5) is 5.69 Å². The molecule has 1 unspecified atom stereocenters. The van der Waals surface area contributed by atoms with E-state index in [-0.39, 0.29) is 12.8 Å². The molecule has 1 rings (SSSR count). The molecule has 0 aliphatic carbocycles. The van der Waals surface area contributed by atoms with Crippen molar-refractivity contribution in [3.63, 3.8) is 0 Å². The molecule has 6 nitrogen and oxygen atoms in total. The quantitative estimate of drug-likeness (QED) is 0.703. The van der Waals surface area contributed by atoms with Gasteiger partial charge in [0.1, 0.15) is 0 Å². The third kappa shape index (κ3) is 5.19. The Hall–Kier alpha value is -2.39. The number of hydrogen-bond acceptors (Lipinski definition) is 4. The first-order chi connectivity index (χ1) is 9.02. The second-order valence-electron chi connectivity index (χ2n) is 4.06. The van der Waals surface area contributed by atoms with Gasteiger partial charge in [0, 0.05) is 12.1 Å². The molecule has 0 fully saturated rings. The molecule has 6 heteroatoms. The maximum absolute atomic E-state index is 11.7. The Morgan fingerprint density at radius 1 is 1.37 bits per heavy atom. The zero-order valence-corrected chi connectivity index (χ0v) is 10.3. The van der Waals surface area contributed by atoms with Gasteiger partial charge in [0.05, 0.1) is 18.5 Å². The van der Waals surface area contributed by atoms with Crippen molar-refractivity contribution in [2.75, 3.05) is 5.32 Å². The smallest absolute Gasteiger partial charge is 0.303 e. The van der Waals surface area contributed by atoms with Gasteiger partial charge in [0.25, 0.3) is 0 Å². The maximum atomic E-state index is 11.7. The summed E-state index contributed by atoms with van der Waals surface area (Å²) in [6, 6.07) is 8.00. The summed E-state index contributed by atoms with van der Waals surface area (Å²) in [5, 5.41) is 19.6. The van der Waals surface area contributed by atoms with E-state index in [4.69, 9.17) is 16.1 Å². The number of carboxylic acids is 1. The maximum Gasteiger partial charge on any atom is 0.303 e. The highest BCUT2D eigenvalue weighted by atomic mass is 16.4. The fraction of sp³-hybridized carbons (Fsp3) is 0.308. The number of rotatable bonds is 6. The van der Waals surface area contributed by atoms with Crippen LogP contribution in [-0.2, 0) is 16.0 Å². The molecule has 0 heterocycles. The summed E-state index contributed by atoms with van der Waals surface area (Å²) in [5.74, 6) is -1.40. The van der Waals surface area contributed by atoms with Gasteiger partial charge in [-0.1, -0.05) is 12.1 Å². The van der Waals surface area contributed by atoms with E-state index in [2.05, 4.69) is 5.32 Å². The lowest BCUT2D eigenvalue weighted by Crippen LogP contribution is -2.36. The summed E-state index contributed by atoms with van der Waals surface area (Å²) >= 11 is 0. The van der Waals surface area contributed by atoms with E-state index in [0.717, 1.165) is 5.56 Å². The van der Waals surface area contributed by atoms with Crippen molar-refractivity contribution >= 4 is 17.6 Å². The van der Waals surface area contributed by atoms with E-state index in [0.29, 0.717) is 12.1 Å². The molecule has 4 N–H and O–H groups in total. The van der Waals surface area contributed by atoms with Crippen molar-refractivity contribution in [1.82, 2.24) is 0 Å². The van der Waals surface area contributed by atoms with Crippen molar-refractivity contribution in [2.45, 2.75) is 25.3 Å². The fourth-order valence-corrected chi connectivity index (χ4v) is 1.44. The van der Waals surface area contributed by atoms with Gasteiger partial charge in [-0.2, -0.15) is 5.26 Å². The van der Waals surface area contributed by atoms with E-state index in [1.807, 2.05) is 6.07 Å². The number of nitrogens with one attached hydrogen (secondary N) is 1. The molecular weight excluding hydrogens is 246 g/mol. The molecule has 1 atom stereocenters. The highest BCUT2D eigenvalue weighted by molar-refractivity contribution is 5.94. The Balaban J connectivity index is 2.52. The molecule has 0 bridgehead atoms. The lowest BCUT2D eigenvalue weighted by Gasteiger charge is -2.11. The van der Waals surface area contributed by atoms with Crippen molar-refractivity contribution in [2.24, 2.45) is 5.73 Å². The molecule has 1 aromatic carbocycles. The number of aliphatic carboxylic acids is 1. The van der Waals surface area contributed by atoms with Crippen LogP contribution in [0.25, 0.3) is 0 Å². The van der Waals surface area contributed by atoms with Gasteiger partial charge in [-0.15, -0.1) is 0 Å². The van der Waals surface area contributed by atoms with E-state index in [1.54, 1.807) is 24.3 Å². The monoisotopic (exact) mass is 261 g/mol. The van der Waals surface area contributed by atoms with Crippen LogP contribution in [-0.4, -0.2) is 23.0 Å². The lowest BCUT2D eigenvalue weighted by molar-refractivity contribution is -0.137. The Kier molecular flexibility index (Phi) is 5.51. The minimum absolute atomic E-state index is 0.0910. The van der Waals surface area contributed by atoms with Crippen molar-refractivity contribution in [1.29, 1.82) is 5.26 Å². The van der Waals surface area contributed by atoms with Crippen molar-refractivity contribution in [3.05, 3.63) is 29.8 Å². The predicted molar refractivity (Wildman–Crippen MR) is 69.2 cm³/mol. The van der Waals surface area contributed by atoms with E-state index < -0.39 is 17.9 Å². The summed E-state index contributed by atoms with van der Waals surface area (Å²) in [6.07, 6.45) is 0.260. The van der Waals surface area contributed by atoms with Gasteiger partial charge >= 0.3 is 5.97 Å². The minimum Gasteiger partial charge on any atom is -0.481 e. The first-order valence-electron chi connectivity index (χ1n) is 5.77. The average molecular weight is 261 g/mol. The number of amides is 1. The summed E-state index contributed by atoms with van der Waals surface area (Å²) in [6.45, 7) is 0. The Labute approximate surface area is 110 Å². The zero-order chi connectivity index (χ0) is 14.3. The standard InChI is InChI=1S/C13H15N3O3/c14-8-7-9-1-3-10(4-2-9)16-13(19)11(15)5-6-12(17)18/h1-4,11H,5-7,15H2,(H,16,19)(H,17,18). The Bertz CT molecular complexity index is 491. The Morgan fingerprint density at radius 2 is 2.00 bits per heavy atom. The molecule has 0 radical (unpaired) electrons. The van der Waals surface area contributed by atoms with Crippen molar-refractivity contribution < 1.29 is 14.7 Å². The van der Waals surface area contributed by atoms with Crippen LogP contribution in [0.3, 0.4) is 0 Å². The van der Waals surface area contributed by atoms with Gasteiger partial charge in [-0.05, 0) is 24.1 Å². The molecule has 1 aromatic rings. The van der Waals surface area contributed by atoms with Crippen LogP contribution in [0, 0.1) is 11.3 Å². The van der Waals surface area contributed by atoms with Crippen LogP contribution >= 0.6 is 0 Å². The molecule has 100 valence electrons. The molecule has 0 aliphatic rings. The van der Waals surface area contributed by atoms with Crippen LogP contribution in [0.1, 0.15) is 18.4 Å². The first-order valence-corrected chi connectivity index (χ1v) is 5.77. The van der Waals surface area contributed by atoms with E-state index >= 15 is 0 Å². The zero-order valence-electron chi connectivity index (χ0n) is 10.3. The first kappa shape index (κ1) is 14.7. The molecule has 1 amide bonds. The summed E-state index contributed by atoms with van der Waals surface area (Å²) in [7, 11) is 0. The molecule has 0 aromatic heterocycles. The Morgan fingerprint density at radius 3 is 2.53 bits per heavy atom. The van der Waals surface area contributed by atoms with Gasteiger partial charge in [-0.3, -0.25) is 9.59 Å². The van der Waals surface area contributed by atoms with Crippen LogP contribution in [0.2, 0.25) is 0 Å².